The van der Waals surface area contributed by atoms with Crippen LogP contribution in [-0.2, 0) is 4.79 Å². The summed E-state index contributed by atoms with van der Waals surface area (Å²) < 4.78 is 11.0. The maximum Gasteiger partial charge on any atom is 0.264 e. The van der Waals surface area contributed by atoms with Gasteiger partial charge in [0.1, 0.15) is 5.82 Å². The molecule has 38 heavy (non-hydrogen) atoms. The summed E-state index contributed by atoms with van der Waals surface area (Å²) in [6.45, 7) is 5.16. The Kier molecular flexibility index (Phi) is 7.55. The van der Waals surface area contributed by atoms with Gasteiger partial charge in [0.15, 0.2) is 11.5 Å². The molecule has 0 N–H and O–H groups in total. The minimum absolute atomic E-state index is 0.0258. The number of hydrogen-bond acceptors (Lipinski definition) is 7. The second kappa shape index (κ2) is 11.2. The van der Waals surface area contributed by atoms with Gasteiger partial charge in [-0.15, -0.1) is 0 Å². The van der Waals surface area contributed by atoms with Crippen LogP contribution in [0.5, 0.6) is 11.5 Å². The van der Waals surface area contributed by atoms with Crippen molar-refractivity contribution in [3.63, 3.8) is 0 Å². The highest BCUT2D eigenvalue weighted by Gasteiger charge is 2.29. The quantitative estimate of drug-likeness (QED) is 0.433. The second-order valence-corrected chi connectivity index (χ2v) is 10.1. The predicted molar refractivity (Wildman–Crippen MR) is 150 cm³/mol. The fourth-order valence-corrected chi connectivity index (χ4v) is 5.68. The van der Waals surface area contributed by atoms with Crippen LogP contribution in [0.4, 0.5) is 11.5 Å². The monoisotopic (exact) mass is 530 g/mol. The number of carbonyl (C=O) groups is 2. The van der Waals surface area contributed by atoms with Crippen molar-refractivity contribution in [3.05, 3.63) is 76.8 Å². The Morgan fingerprint density at radius 3 is 2.58 bits per heavy atom. The number of aromatic nitrogens is 1. The van der Waals surface area contributed by atoms with Crippen LogP contribution in [-0.4, -0.2) is 68.6 Å². The van der Waals surface area contributed by atoms with E-state index in [4.69, 9.17) is 9.47 Å². The number of hydrogen-bond donors (Lipinski definition) is 0. The van der Waals surface area contributed by atoms with Gasteiger partial charge in [0.2, 0.25) is 0 Å². The third-order valence-corrected chi connectivity index (χ3v) is 7.71. The molecule has 9 heteroatoms. The summed E-state index contributed by atoms with van der Waals surface area (Å²) in [6.07, 6.45) is 3.64. The van der Waals surface area contributed by atoms with Crippen LogP contribution in [0, 0.1) is 0 Å². The summed E-state index contributed by atoms with van der Waals surface area (Å²) in [6, 6.07) is 17.1. The second-order valence-electron chi connectivity index (χ2n) is 8.97. The molecular formula is C29H30N4O4S. The number of nitrogens with zero attached hydrogens (tertiary/aromatic N) is 4. The number of likely N-dealkylation sites (N-methyl/N-ethyl adjacent to an activating group) is 1. The molecule has 0 bridgehead atoms. The van der Waals surface area contributed by atoms with E-state index in [9.17, 15) is 9.59 Å². The maximum absolute atomic E-state index is 13.3. The molecule has 3 heterocycles. The van der Waals surface area contributed by atoms with Crippen molar-refractivity contribution in [1.29, 1.82) is 0 Å². The van der Waals surface area contributed by atoms with E-state index in [2.05, 4.69) is 9.88 Å². The molecule has 1 fully saturated rings. The highest BCUT2D eigenvalue weighted by molar-refractivity contribution is 8.04. The lowest BCUT2D eigenvalue weighted by Crippen LogP contribution is -2.49. The summed E-state index contributed by atoms with van der Waals surface area (Å²) in [4.78, 5) is 38.1. The Hall–Kier alpha value is -3.98. The molecule has 2 amide bonds. The van der Waals surface area contributed by atoms with Crippen LogP contribution in [0.1, 0.15) is 22.8 Å². The van der Waals surface area contributed by atoms with Crippen LogP contribution < -0.4 is 19.3 Å². The minimum atomic E-state index is -0.121. The van der Waals surface area contributed by atoms with Gasteiger partial charge >= 0.3 is 0 Å². The molecule has 0 atom stereocenters. The number of anilines is 2. The van der Waals surface area contributed by atoms with Gasteiger partial charge in [0.25, 0.3) is 11.8 Å². The topological polar surface area (TPSA) is 75.2 Å². The van der Waals surface area contributed by atoms with Crippen molar-refractivity contribution < 1.29 is 19.1 Å². The van der Waals surface area contributed by atoms with Crippen LogP contribution in [0.2, 0.25) is 0 Å². The van der Waals surface area contributed by atoms with Gasteiger partial charge in [-0.05, 0) is 61.0 Å². The number of piperazine rings is 1. The van der Waals surface area contributed by atoms with Crippen molar-refractivity contribution in [2.75, 3.05) is 56.7 Å². The zero-order valence-corrected chi connectivity index (χ0v) is 22.5. The van der Waals surface area contributed by atoms with Gasteiger partial charge in [0.05, 0.1) is 24.3 Å². The van der Waals surface area contributed by atoms with Crippen LogP contribution in [0.15, 0.2) is 70.6 Å². The Balaban J connectivity index is 1.31. The average molecular weight is 531 g/mol. The molecule has 0 spiro atoms. The summed E-state index contributed by atoms with van der Waals surface area (Å²) in [7, 11) is 3.34. The number of methoxy groups -OCH3 is 1. The number of fused-ring (bicyclic) bond motifs is 1. The lowest BCUT2D eigenvalue weighted by molar-refractivity contribution is -0.114. The molecule has 2 aliphatic rings. The molecule has 5 rings (SSSR count). The average Bonchev–Trinajstić information content (AvgIpc) is 2.96. The number of thioether (sulfide) groups is 1. The van der Waals surface area contributed by atoms with E-state index >= 15 is 0 Å². The number of carbonyl (C=O) groups excluding carboxylic acids is 2. The van der Waals surface area contributed by atoms with E-state index in [0.717, 1.165) is 35.1 Å². The fourth-order valence-electron chi connectivity index (χ4n) is 4.59. The first-order chi connectivity index (χ1) is 18.5. The molecule has 1 aromatic heterocycles. The molecule has 3 aromatic rings. The number of ether oxygens (including phenoxy) is 2. The van der Waals surface area contributed by atoms with Crippen LogP contribution in [0.25, 0.3) is 6.08 Å². The normalized spacial score (nSPS) is 16.4. The van der Waals surface area contributed by atoms with Crippen molar-refractivity contribution in [2.24, 2.45) is 0 Å². The van der Waals surface area contributed by atoms with Gasteiger partial charge in [0, 0.05) is 49.9 Å². The Labute approximate surface area is 226 Å². The molecule has 0 unspecified atom stereocenters. The van der Waals surface area contributed by atoms with Gasteiger partial charge < -0.3 is 24.2 Å². The highest BCUT2D eigenvalue weighted by atomic mass is 32.2. The van der Waals surface area contributed by atoms with E-state index in [0.29, 0.717) is 41.7 Å². The van der Waals surface area contributed by atoms with Crippen molar-refractivity contribution in [3.8, 4) is 11.5 Å². The number of pyridine rings is 1. The molecule has 2 aromatic carbocycles. The highest BCUT2D eigenvalue weighted by Crippen LogP contribution is 2.42. The first kappa shape index (κ1) is 25.7. The third-order valence-electron chi connectivity index (χ3n) is 6.63. The molecule has 0 radical (unpaired) electrons. The van der Waals surface area contributed by atoms with Gasteiger partial charge in [-0.1, -0.05) is 23.9 Å². The Bertz CT molecular complexity index is 1370. The number of benzene rings is 2. The van der Waals surface area contributed by atoms with E-state index < -0.39 is 0 Å². The summed E-state index contributed by atoms with van der Waals surface area (Å²) in [5.41, 5.74) is 2.16. The van der Waals surface area contributed by atoms with E-state index in [1.807, 2.05) is 72.5 Å². The smallest absolute Gasteiger partial charge is 0.264 e. The lowest BCUT2D eigenvalue weighted by atomic mass is 10.1. The van der Waals surface area contributed by atoms with Crippen molar-refractivity contribution in [1.82, 2.24) is 9.88 Å². The first-order valence-corrected chi connectivity index (χ1v) is 13.4. The first-order valence-electron chi connectivity index (χ1n) is 12.6. The van der Waals surface area contributed by atoms with E-state index in [1.165, 1.54) is 11.8 Å². The standard InChI is InChI=1S/C29H30N4O4S/c1-4-37-23-10-8-20(17-24(23)36-3)18-26-29(35)31(2)22-19-21(9-11-25(22)38-26)28(34)33-15-13-32(14-16-33)27-7-5-6-12-30-27/h5-12,17-19H,4,13-16H2,1-3H3. The van der Waals surface area contributed by atoms with E-state index in [-0.39, 0.29) is 11.8 Å². The SMILES string of the molecule is CCOc1ccc(C=C2Sc3ccc(C(=O)N4CCN(c5ccccn5)CC4)cc3N(C)C2=O)cc1OC. The zero-order chi connectivity index (χ0) is 26.6. The zero-order valence-electron chi connectivity index (χ0n) is 21.7. The predicted octanol–water partition coefficient (Wildman–Crippen LogP) is 4.56. The molecule has 2 aliphatic heterocycles. The van der Waals surface area contributed by atoms with Crippen LogP contribution in [0.3, 0.4) is 0 Å². The fraction of sp³-hybridized carbons (Fsp3) is 0.276. The number of amides is 2. The van der Waals surface area contributed by atoms with Crippen molar-refractivity contribution in [2.45, 2.75) is 11.8 Å². The van der Waals surface area contributed by atoms with Gasteiger partial charge in [-0.3, -0.25) is 9.59 Å². The summed E-state index contributed by atoms with van der Waals surface area (Å²) in [5, 5.41) is 0. The molecule has 0 aliphatic carbocycles. The maximum atomic E-state index is 13.3. The lowest BCUT2D eigenvalue weighted by Gasteiger charge is -2.35. The van der Waals surface area contributed by atoms with Crippen LogP contribution >= 0.6 is 11.8 Å². The molecule has 8 nitrogen and oxygen atoms in total. The molecular weight excluding hydrogens is 500 g/mol. The Morgan fingerprint density at radius 2 is 1.87 bits per heavy atom. The molecule has 1 saturated heterocycles. The van der Waals surface area contributed by atoms with Crippen molar-refractivity contribution >= 4 is 41.2 Å². The Morgan fingerprint density at radius 1 is 1.05 bits per heavy atom. The largest absolute Gasteiger partial charge is 0.493 e. The summed E-state index contributed by atoms with van der Waals surface area (Å²) in [5.74, 6) is 2.06. The third kappa shape index (κ3) is 5.19. The van der Waals surface area contributed by atoms with Gasteiger partial charge in [-0.2, -0.15) is 0 Å². The molecule has 196 valence electrons. The molecule has 0 saturated carbocycles. The number of rotatable bonds is 6. The van der Waals surface area contributed by atoms with E-state index in [1.54, 1.807) is 25.3 Å². The minimum Gasteiger partial charge on any atom is -0.493 e. The summed E-state index contributed by atoms with van der Waals surface area (Å²) >= 11 is 1.40. The van der Waals surface area contributed by atoms with Gasteiger partial charge in [-0.25, -0.2) is 4.98 Å².